The lowest BCUT2D eigenvalue weighted by molar-refractivity contribution is -0.122. The van der Waals surface area contributed by atoms with Gasteiger partial charge in [-0.1, -0.05) is 11.3 Å². The molecule has 1 aliphatic heterocycles. The summed E-state index contributed by atoms with van der Waals surface area (Å²) in [4.78, 5) is 26.2. The Labute approximate surface area is 150 Å². The molecule has 0 aromatic carbocycles. The van der Waals surface area contributed by atoms with Crippen molar-refractivity contribution in [1.82, 2.24) is 14.8 Å². The van der Waals surface area contributed by atoms with Gasteiger partial charge in [0.2, 0.25) is 5.91 Å². The van der Waals surface area contributed by atoms with Gasteiger partial charge in [0, 0.05) is 30.7 Å². The highest BCUT2D eigenvalue weighted by Crippen LogP contribution is 2.23. The summed E-state index contributed by atoms with van der Waals surface area (Å²) in [5, 5.41) is 4.71. The molecule has 2 aromatic rings. The summed E-state index contributed by atoms with van der Waals surface area (Å²) < 4.78 is 12.7. The van der Waals surface area contributed by atoms with Crippen LogP contribution in [-0.2, 0) is 16.1 Å². The molecule has 7 nitrogen and oxygen atoms in total. The topological polar surface area (TPSA) is 76.7 Å². The predicted octanol–water partition coefficient (Wildman–Crippen LogP) is 1.31. The number of carbonyl (C=O) groups is 1. The van der Waals surface area contributed by atoms with Gasteiger partial charge in [0.1, 0.15) is 18.1 Å². The van der Waals surface area contributed by atoms with Crippen LogP contribution in [0.5, 0.6) is 0 Å². The maximum atomic E-state index is 12.3. The van der Waals surface area contributed by atoms with Crippen LogP contribution < -0.4 is 10.2 Å². The molecule has 25 heavy (non-hydrogen) atoms. The number of aryl methyl sites for hydroxylation is 2. The van der Waals surface area contributed by atoms with Crippen LogP contribution in [0.15, 0.2) is 26.7 Å². The van der Waals surface area contributed by atoms with Crippen LogP contribution >= 0.6 is 11.3 Å². The molecule has 8 heteroatoms. The van der Waals surface area contributed by atoms with Crippen LogP contribution in [0.2, 0.25) is 0 Å². The van der Waals surface area contributed by atoms with Crippen molar-refractivity contribution in [2.45, 2.75) is 26.4 Å². The van der Waals surface area contributed by atoms with Crippen molar-refractivity contribution in [3.05, 3.63) is 44.4 Å². The second-order valence-electron chi connectivity index (χ2n) is 6.15. The standard InChI is InChI=1S/C17H23N3O4S/c1-12-11-25-17(22)20(12)10-16(21)18-9-14(15-4-3-13(2)24-15)19-5-7-23-8-6-19/h3-4,11,14H,5-10H2,1-2H3,(H,18,21). The first-order valence-electron chi connectivity index (χ1n) is 8.34. The molecule has 3 rings (SSSR count). The Morgan fingerprint density at radius 3 is 2.68 bits per heavy atom. The highest BCUT2D eigenvalue weighted by molar-refractivity contribution is 7.07. The lowest BCUT2D eigenvalue weighted by atomic mass is 10.1. The molecular formula is C17H23N3O4S. The van der Waals surface area contributed by atoms with E-state index < -0.39 is 0 Å². The molecule has 0 saturated carbocycles. The molecule has 0 radical (unpaired) electrons. The van der Waals surface area contributed by atoms with Crippen molar-refractivity contribution < 1.29 is 13.9 Å². The SMILES string of the molecule is Cc1ccc(C(CNC(=O)Cn2c(C)csc2=O)N2CCOCC2)o1. The van der Waals surface area contributed by atoms with E-state index in [4.69, 9.17) is 9.15 Å². The van der Waals surface area contributed by atoms with Gasteiger partial charge in [0.05, 0.1) is 19.3 Å². The van der Waals surface area contributed by atoms with Gasteiger partial charge in [-0.15, -0.1) is 0 Å². The van der Waals surface area contributed by atoms with Crippen LogP contribution in [0.4, 0.5) is 0 Å². The lowest BCUT2D eigenvalue weighted by Crippen LogP contribution is -2.44. The van der Waals surface area contributed by atoms with Gasteiger partial charge in [-0.3, -0.25) is 19.1 Å². The molecule has 1 fully saturated rings. The fourth-order valence-electron chi connectivity index (χ4n) is 2.94. The van der Waals surface area contributed by atoms with E-state index in [0.717, 1.165) is 41.6 Å². The molecule has 0 bridgehead atoms. The lowest BCUT2D eigenvalue weighted by Gasteiger charge is -2.33. The van der Waals surface area contributed by atoms with Gasteiger partial charge >= 0.3 is 4.87 Å². The fraction of sp³-hybridized carbons (Fsp3) is 0.529. The maximum absolute atomic E-state index is 12.3. The number of nitrogens with zero attached hydrogens (tertiary/aromatic N) is 2. The van der Waals surface area contributed by atoms with E-state index >= 15 is 0 Å². The molecule has 1 unspecified atom stereocenters. The maximum Gasteiger partial charge on any atom is 0.307 e. The van der Waals surface area contributed by atoms with Crippen molar-refractivity contribution in [3.63, 3.8) is 0 Å². The smallest absolute Gasteiger partial charge is 0.307 e. The highest BCUT2D eigenvalue weighted by Gasteiger charge is 2.25. The number of aromatic nitrogens is 1. The van der Waals surface area contributed by atoms with Gasteiger partial charge in [-0.2, -0.15) is 0 Å². The Bertz CT molecular complexity index is 773. The number of hydrogen-bond donors (Lipinski definition) is 1. The van der Waals surface area contributed by atoms with Crippen LogP contribution in [0.3, 0.4) is 0 Å². The molecule has 1 saturated heterocycles. The number of thiazole rings is 1. The van der Waals surface area contributed by atoms with Crippen molar-refractivity contribution in [1.29, 1.82) is 0 Å². The summed E-state index contributed by atoms with van der Waals surface area (Å²) in [5.41, 5.74) is 0.802. The monoisotopic (exact) mass is 365 g/mol. The summed E-state index contributed by atoms with van der Waals surface area (Å²) in [6.07, 6.45) is 0. The summed E-state index contributed by atoms with van der Waals surface area (Å²) in [7, 11) is 0. The van der Waals surface area contributed by atoms with Crippen molar-refractivity contribution in [2.75, 3.05) is 32.8 Å². The zero-order chi connectivity index (χ0) is 17.8. The molecule has 3 heterocycles. The molecule has 0 spiro atoms. The van der Waals surface area contributed by atoms with E-state index in [2.05, 4.69) is 10.2 Å². The minimum Gasteiger partial charge on any atom is -0.465 e. The van der Waals surface area contributed by atoms with Crippen molar-refractivity contribution >= 4 is 17.2 Å². The second-order valence-corrected chi connectivity index (χ2v) is 6.97. The number of hydrogen-bond acceptors (Lipinski definition) is 6. The molecule has 2 aromatic heterocycles. The molecule has 1 atom stereocenters. The number of carbonyl (C=O) groups excluding carboxylic acids is 1. The minimum absolute atomic E-state index is 0.0400. The van der Waals surface area contributed by atoms with E-state index in [1.807, 2.05) is 26.0 Å². The Hall–Kier alpha value is -1.90. The Kier molecular flexibility index (Phi) is 5.72. The quantitative estimate of drug-likeness (QED) is 0.835. The van der Waals surface area contributed by atoms with Crippen LogP contribution in [0.1, 0.15) is 23.3 Å². The summed E-state index contributed by atoms with van der Waals surface area (Å²) >= 11 is 1.11. The summed E-state index contributed by atoms with van der Waals surface area (Å²) in [6, 6.07) is 3.84. The van der Waals surface area contributed by atoms with Crippen LogP contribution in [-0.4, -0.2) is 48.2 Å². The van der Waals surface area contributed by atoms with Gasteiger partial charge in [-0.25, -0.2) is 0 Å². The van der Waals surface area contributed by atoms with E-state index in [0.29, 0.717) is 19.8 Å². The van der Waals surface area contributed by atoms with Gasteiger partial charge < -0.3 is 14.5 Å². The first-order valence-corrected chi connectivity index (χ1v) is 9.22. The molecule has 1 aliphatic rings. The minimum atomic E-state index is -0.176. The number of morpholine rings is 1. The fourth-order valence-corrected chi connectivity index (χ4v) is 3.67. The van der Waals surface area contributed by atoms with Crippen LogP contribution in [0, 0.1) is 13.8 Å². The van der Waals surface area contributed by atoms with Crippen molar-refractivity contribution in [2.24, 2.45) is 0 Å². The molecule has 136 valence electrons. The number of rotatable bonds is 6. The number of furan rings is 1. The normalized spacial score (nSPS) is 16.7. The molecule has 1 amide bonds. The van der Waals surface area contributed by atoms with Gasteiger partial charge in [0.15, 0.2) is 0 Å². The number of nitrogens with one attached hydrogen (secondary N) is 1. The number of ether oxygens (including phenoxy) is 1. The van der Waals surface area contributed by atoms with E-state index in [-0.39, 0.29) is 23.4 Å². The third-order valence-electron chi connectivity index (χ3n) is 4.35. The van der Waals surface area contributed by atoms with E-state index in [1.165, 1.54) is 4.57 Å². The van der Waals surface area contributed by atoms with E-state index in [9.17, 15) is 9.59 Å². The van der Waals surface area contributed by atoms with Gasteiger partial charge in [0.25, 0.3) is 0 Å². The van der Waals surface area contributed by atoms with Crippen molar-refractivity contribution in [3.8, 4) is 0 Å². The average molecular weight is 365 g/mol. The molecule has 1 N–H and O–H groups in total. The average Bonchev–Trinajstić information content (AvgIpc) is 3.17. The zero-order valence-electron chi connectivity index (χ0n) is 14.5. The zero-order valence-corrected chi connectivity index (χ0v) is 15.3. The third-order valence-corrected chi connectivity index (χ3v) is 5.23. The Balaban J connectivity index is 1.65. The second kappa shape index (κ2) is 7.99. The predicted molar refractivity (Wildman–Crippen MR) is 94.9 cm³/mol. The highest BCUT2D eigenvalue weighted by atomic mass is 32.1. The largest absolute Gasteiger partial charge is 0.465 e. The summed E-state index contributed by atoms with van der Waals surface area (Å²) in [6.45, 7) is 7.15. The molecule has 0 aliphatic carbocycles. The number of amides is 1. The Morgan fingerprint density at radius 1 is 1.32 bits per heavy atom. The molecular weight excluding hydrogens is 342 g/mol. The third kappa shape index (κ3) is 4.39. The van der Waals surface area contributed by atoms with Crippen LogP contribution in [0.25, 0.3) is 0 Å². The first kappa shape index (κ1) is 17.9. The summed E-state index contributed by atoms with van der Waals surface area (Å²) in [5.74, 6) is 1.51. The van der Waals surface area contributed by atoms with Gasteiger partial charge in [-0.05, 0) is 26.0 Å². The van der Waals surface area contributed by atoms with E-state index in [1.54, 1.807) is 5.38 Å². The first-order chi connectivity index (χ1) is 12.0. The Morgan fingerprint density at radius 2 is 2.08 bits per heavy atom.